The van der Waals surface area contributed by atoms with Crippen molar-refractivity contribution >= 4 is 58.9 Å². The molecule has 0 fully saturated rings. The highest BCUT2D eigenvalue weighted by Crippen LogP contribution is 2.37. The number of hydrogen-bond donors (Lipinski definition) is 0. The van der Waals surface area contributed by atoms with Gasteiger partial charge in [0.05, 0.1) is 0 Å². The second-order valence-electron chi connectivity index (χ2n) is 6.16. The van der Waals surface area contributed by atoms with Crippen LogP contribution in [0.25, 0.3) is 0 Å². The summed E-state index contributed by atoms with van der Waals surface area (Å²) in [6.07, 6.45) is 18.7. The molecule has 0 atom stereocenters. The number of nitrogens with zero attached hydrogens (tertiary/aromatic N) is 3. The molecule has 0 aliphatic carbocycles. The highest BCUT2D eigenvalue weighted by atomic mass is 79.9. The van der Waals surface area contributed by atoms with Crippen LogP contribution in [0.4, 0.5) is 0 Å². The van der Waals surface area contributed by atoms with Crippen LogP contribution in [-0.2, 0) is 19.3 Å². The van der Waals surface area contributed by atoms with Gasteiger partial charge in [0.2, 0.25) is 0 Å². The molecule has 3 rings (SSSR count). The van der Waals surface area contributed by atoms with E-state index in [4.69, 9.17) is 0 Å². The highest BCUT2D eigenvalue weighted by molar-refractivity contribution is 8.93. The highest BCUT2D eigenvalue weighted by Gasteiger charge is 2.09. The second-order valence-corrected chi connectivity index (χ2v) is 8.84. The molecule has 0 amide bonds. The van der Waals surface area contributed by atoms with E-state index in [1.807, 2.05) is 37.2 Å². The molecule has 152 valence electrons. The smallest absolute Gasteiger partial charge is 0.0270 e. The van der Waals surface area contributed by atoms with Crippen molar-refractivity contribution in [2.45, 2.75) is 19.3 Å². The first-order valence-electron chi connectivity index (χ1n) is 8.79. The largest absolute Gasteiger partial charge is 0.265 e. The summed E-state index contributed by atoms with van der Waals surface area (Å²) < 4.78 is 0. The van der Waals surface area contributed by atoms with Crippen molar-refractivity contribution in [3.63, 3.8) is 0 Å². The summed E-state index contributed by atoms with van der Waals surface area (Å²) in [5.74, 6) is 0. The van der Waals surface area contributed by atoms with Gasteiger partial charge in [0.1, 0.15) is 0 Å². The molecule has 0 radical (unpaired) electrons. The average Bonchev–Trinajstić information content (AvgIpc) is 2.70. The SMILES string of the molecule is Br.Br.Br.c1cc(CCP(CCc2ccncc2)CCc2ccncc2)ccn1. The van der Waals surface area contributed by atoms with Crippen LogP contribution in [0.15, 0.2) is 73.6 Å². The Morgan fingerprint density at radius 2 is 0.714 bits per heavy atom. The van der Waals surface area contributed by atoms with E-state index in [0.29, 0.717) is 0 Å². The number of hydrogen-bond acceptors (Lipinski definition) is 3. The molecule has 3 nitrogen and oxygen atoms in total. The maximum atomic E-state index is 4.12. The third kappa shape index (κ3) is 10.2. The molecule has 3 aromatic rings. The van der Waals surface area contributed by atoms with Crippen molar-refractivity contribution in [3.8, 4) is 0 Å². The maximum Gasteiger partial charge on any atom is 0.0270 e. The van der Waals surface area contributed by atoms with Crippen LogP contribution < -0.4 is 0 Å². The first-order chi connectivity index (χ1) is 12.4. The van der Waals surface area contributed by atoms with Crippen LogP contribution in [0.2, 0.25) is 0 Å². The van der Waals surface area contributed by atoms with Gasteiger partial charge in [0.25, 0.3) is 0 Å². The molecule has 3 heterocycles. The van der Waals surface area contributed by atoms with Crippen LogP contribution in [-0.4, -0.2) is 33.4 Å². The van der Waals surface area contributed by atoms with Gasteiger partial charge < -0.3 is 0 Å². The lowest BCUT2D eigenvalue weighted by molar-refractivity contribution is 1.05. The van der Waals surface area contributed by atoms with Gasteiger partial charge in [-0.1, -0.05) is 0 Å². The summed E-state index contributed by atoms with van der Waals surface area (Å²) >= 11 is 0. The predicted molar refractivity (Wildman–Crippen MR) is 136 cm³/mol. The third-order valence-corrected chi connectivity index (χ3v) is 6.97. The lowest BCUT2D eigenvalue weighted by atomic mass is 10.2. The van der Waals surface area contributed by atoms with Crippen LogP contribution in [0.5, 0.6) is 0 Å². The molecule has 0 aliphatic rings. The monoisotopic (exact) mass is 589 g/mol. The van der Waals surface area contributed by atoms with Gasteiger partial charge in [-0.3, -0.25) is 15.0 Å². The molecular weight excluding hydrogens is 565 g/mol. The molecule has 0 unspecified atom stereocenters. The minimum absolute atomic E-state index is 0. The first kappa shape index (κ1) is 27.3. The number of pyridine rings is 3. The topological polar surface area (TPSA) is 38.7 Å². The zero-order valence-corrected chi connectivity index (χ0v) is 21.7. The summed E-state index contributed by atoms with van der Waals surface area (Å²) in [4.78, 5) is 12.4. The Kier molecular flexibility index (Phi) is 15.8. The van der Waals surface area contributed by atoms with Gasteiger partial charge in [-0.2, -0.15) is 0 Å². The second kappa shape index (κ2) is 16.2. The van der Waals surface area contributed by atoms with Crippen molar-refractivity contribution in [3.05, 3.63) is 90.3 Å². The normalized spacial score (nSPS) is 9.75. The van der Waals surface area contributed by atoms with Gasteiger partial charge >= 0.3 is 0 Å². The lowest BCUT2D eigenvalue weighted by Crippen LogP contribution is -2.03. The van der Waals surface area contributed by atoms with E-state index in [1.165, 1.54) is 35.2 Å². The maximum absolute atomic E-state index is 4.12. The van der Waals surface area contributed by atoms with E-state index in [-0.39, 0.29) is 58.9 Å². The third-order valence-electron chi connectivity index (χ3n) is 4.40. The zero-order valence-electron chi connectivity index (χ0n) is 15.7. The number of halogens is 3. The van der Waals surface area contributed by atoms with Crippen molar-refractivity contribution in [1.29, 1.82) is 0 Å². The zero-order chi connectivity index (χ0) is 17.2. The van der Waals surface area contributed by atoms with Gasteiger partial charge in [-0.15, -0.1) is 58.9 Å². The van der Waals surface area contributed by atoms with Crippen LogP contribution in [0.1, 0.15) is 16.7 Å². The number of rotatable bonds is 9. The van der Waals surface area contributed by atoms with E-state index in [0.717, 1.165) is 19.3 Å². The quantitative estimate of drug-likeness (QED) is 0.282. The van der Waals surface area contributed by atoms with E-state index < -0.39 is 0 Å². The fourth-order valence-corrected chi connectivity index (χ4v) is 5.24. The molecule has 0 saturated heterocycles. The van der Waals surface area contributed by atoms with Crippen molar-refractivity contribution in [2.24, 2.45) is 0 Å². The molecule has 28 heavy (non-hydrogen) atoms. The van der Waals surface area contributed by atoms with E-state index in [2.05, 4.69) is 51.4 Å². The molecule has 0 aromatic carbocycles. The Balaban J connectivity index is 0.00000243. The predicted octanol–water partition coefficient (Wildman–Crippen LogP) is 6.12. The Bertz CT molecular complexity index is 630. The van der Waals surface area contributed by atoms with Crippen LogP contribution in [0, 0.1) is 0 Å². The summed E-state index contributed by atoms with van der Waals surface area (Å²) in [5, 5.41) is 0. The van der Waals surface area contributed by atoms with Crippen LogP contribution in [0.3, 0.4) is 0 Å². The standard InChI is InChI=1S/C21H24N3P.3BrH/c1-10-22-11-2-19(1)7-16-25(17-8-20-3-12-23-13-4-20)18-9-21-5-14-24-15-6-21;;;/h1-6,10-15H,7-9,16-18H2;3*1H. The first-order valence-corrected chi connectivity index (χ1v) is 10.7. The number of aromatic nitrogens is 3. The molecule has 0 spiro atoms. The molecule has 0 saturated carbocycles. The minimum Gasteiger partial charge on any atom is -0.265 e. The van der Waals surface area contributed by atoms with Gasteiger partial charge in [0.15, 0.2) is 0 Å². The Hall–Kier alpha value is -0.680. The fraction of sp³-hybridized carbons (Fsp3) is 0.286. The van der Waals surface area contributed by atoms with Gasteiger partial charge in [-0.25, -0.2) is 0 Å². The Labute approximate surface area is 200 Å². The summed E-state index contributed by atoms with van der Waals surface area (Å²) in [5.41, 5.74) is 4.20. The van der Waals surface area contributed by atoms with Gasteiger partial charge in [-0.05, 0) is 90.8 Å². The summed E-state index contributed by atoms with van der Waals surface area (Å²) in [7, 11) is 0.00709. The molecular formula is C21H27Br3N3P. The summed E-state index contributed by atoms with van der Waals surface area (Å²) in [6.45, 7) is 0. The van der Waals surface area contributed by atoms with E-state index in [9.17, 15) is 0 Å². The average molecular weight is 592 g/mol. The molecule has 7 heteroatoms. The Morgan fingerprint density at radius 1 is 0.464 bits per heavy atom. The van der Waals surface area contributed by atoms with Crippen LogP contribution >= 0.6 is 58.9 Å². The fourth-order valence-electron chi connectivity index (χ4n) is 2.85. The summed E-state index contributed by atoms with van der Waals surface area (Å²) in [6, 6.07) is 12.8. The van der Waals surface area contributed by atoms with Gasteiger partial charge in [0, 0.05) is 37.2 Å². The minimum atomic E-state index is 0. The molecule has 0 aliphatic heterocycles. The Morgan fingerprint density at radius 3 is 0.964 bits per heavy atom. The van der Waals surface area contributed by atoms with E-state index in [1.54, 1.807) is 0 Å². The van der Waals surface area contributed by atoms with Crippen molar-refractivity contribution < 1.29 is 0 Å². The molecule has 3 aromatic heterocycles. The van der Waals surface area contributed by atoms with Crippen molar-refractivity contribution in [2.75, 3.05) is 18.5 Å². The number of aryl methyl sites for hydroxylation is 3. The van der Waals surface area contributed by atoms with Crippen molar-refractivity contribution in [1.82, 2.24) is 15.0 Å². The molecule has 0 N–H and O–H groups in total. The van der Waals surface area contributed by atoms with E-state index >= 15 is 0 Å². The lowest BCUT2D eigenvalue weighted by Gasteiger charge is -2.18. The molecule has 0 bridgehead atoms.